The molecule has 78 valence electrons. The first-order valence-electron chi connectivity index (χ1n) is 4.05. The Morgan fingerprint density at radius 1 is 1.27 bits per heavy atom. The zero-order valence-corrected chi connectivity index (χ0v) is 7.57. The summed E-state index contributed by atoms with van der Waals surface area (Å²) in [7, 11) is 0. The highest BCUT2D eigenvalue weighted by molar-refractivity contribution is 6.45. The molecular formula is C10H7FO4. The average Bonchev–Trinajstić information content (AvgIpc) is 2.15. The number of carbonyl (C=O) groups excluding carboxylic acids is 2. The van der Waals surface area contributed by atoms with Gasteiger partial charge in [0.25, 0.3) is 0 Å². The lowest BCUT2D eigenvalue weighted by Crippen LogP contribution is -2.17. The highest BCUT2D eigenvalue weighted by Crippen LogP contribution is 2.06. The van der Waals surface area contributed by atoms with Gasteiger partial charge in [-0.2, -0.15) is 0 Å². The number of ketones is 2. The number of halogens is 1. The van der Waals surface area contributed by atoms with E-state index >= 15 is 0 Å². The first-order chi connectivity index (χ1) is 7.00. The van der Waals surface area contributed by atoms with E-state index in [4.69, 9.17) is 5.11 Å². The second-order valence-corrected chi connectivity index (χ2v) is 2.83. The third-order valence-electron chi connectivity index (χ3n) is 1.65. The van der Waals surface area contributed by atoms with Gasteiger partial charge in [0.05, 0.1) is 0 Å². The second kappa shape index (κ2) is 4.45. The van der Waals surface area contributed by atoms with E-state index in [9.17, 15) is 18.8 Å². The highest BCUT2D eigenvalue weighted by atomic mass is 19.1. The van der Waals surface area contributed by atoms with Crippen LogP contribution in [0.15, 0.2) is 24.3 Å². The third-order valence-corrected chi connectivity index (χ3v) is 1.65. The Kier molecular flexibility index (Phi) is 3.28. The molecule has 0 spiro atoms. The van der Waals surface area contributed by atoms with Crippen molar-refractivity contribution in [3.05, 3.63) is 35.6 Å². The van der Waals surface area contributed by atoms with Crippen molar-refractivity contribution in [2.24, 2.45) is 0 Å². The SMILES string of the molecule is O=C(O)CC(=O)C(=O)c1cccc(F)c1. The maximum atomic E-state index is 12.7. The number of aliphatic carboxylic acids is 1. The number of Topliss-reactive ketones (excluding diaryl/α,β-unsaturated/α-hetero) is 2. The van der Waals surface area contributed by atoms with Gasteiger partial charge in [-0.3, -0.25) is 14.4 Å². The van der Waals surface area contributed by atoms with E-state index in [-0.39, 0.29) is 5.56 Å². The van der Waals surface area contributed by atoms with E-state index in [0.717, 1.165) is 12.1 Å². The molecule has 0 fully saturated rings. The van der Waals surface area contributed by atoms with Crippen LogP contribution in [0, 0.1) is 5.82 Å². The maximum Gasteiger partial charge on any atom is 0.311 e. The Balaban J connectivity index is 2.85. The smallest absolute Gasteiger partial charge is 0.311 e. The summed E-state index contributed by atoms with van der Waals surface area (Å²) in [5, 5.41) is 8.29. The molecule has 0 heterocycles. The molecule has 1 aromatic rings. The van der Waals surface area contributed by atoms with Crippen molar-refractivity contribution in [2.45, 2.75) is 6.42 Å². The molecule has 0 aromatic heterocycles. The van der Waals surface area contributed by atoms with Crippen molar-refractivity contribution in [2.75, 3.05) is 0 Å². The van der Waals surface area contributed by atoms with E-state index in [1.165, 1.54) is 12.1 Å². The molecule has 0 amide bonds. The quantitative estimate of drug-likeness (QED) is 0.458. The van der Waals surface area contributed by atoms with Crippen LogP contribution in [0.1, 0.15) is 16.8 Å². The van der Waals surface area contributed by atoms with Crippen LogP contribution in [0.2, 0.25) is 0 Å². The lowest BCUT2D eigenvalue weighted by atomic mass is 10.1. The molecule has 1 rings (SSSR count). The first kappa shape index (κ1) is 11.0. The van der Waals surface area contributed by atoms with Gasteiger partial charge in [-0.15, -0.1) is 0 Å². The number of hydrogen-bond donors (Lipinski definition) is 1. The summed E-state index contributed by atoms with van der Waals surface area (Å²) in [6.07, 6.45) is -0.880. The van der Waals surface area contributed by atoms with Gasteiger partial charge in [-0.1, -0.05) is 12.1 Å². The van der Waals surface area contributed by atoms with Crippen molar-refractivity contribution >= 4 is 17.5 Å². The third kappa shape index (κ3) is 2.98. The normalized spacial score (nSPS) is 9.67. The summed E-state index contributed by atoms with van der Waals surface area (Å²) < 4.78 is 12.7. The summed E-state index contributed by atoms with van der Waals surface area (Å²) in [4.78, 5) is 32.4. The topological polar surface area (TPSA) is 71.4 Å². The number of carbonyl (C=O) groups is 3. The Morgan fingerprint density at radius 3 is 2.47 bits per heavy atom. The van der Waals surface area contributed by atoms with Gasteiger partial charge < -0.3 is 5.11 Å². The van der Waals surface area contributed by atoms with Crippen LogP contribution in [0.25, 0.3) is 0 Å². The molecule has 0 atom stereocenters. The van der Waals surface area contributed by atoms with Crippen molar-refractivity contribution in [3.63, 3.8) is 0 Å². The van der Waals surface area contributed by atoms with Crippen LogP contribution in [0.3, 0.4) is 0 Å². The number of hydrogen-bond acceptors (Lipinski definition) is 3. The fourth-order valence-electron chi connectivity index (χ4n) is 1.01. The largest absolute Gasteiger partial charge is 0.481 e. The number of rotatable bonds is 4. The van der Waals surface area contributed by atoms with Gasteiger partial charge >= 0.3 is 5.97 Å². The molecule has 0 aliphatic carbocycles. The lowest BCUT2D eigenvalue weighted by molar-refractivity contribution is -0.139. The maximum absolute atomic E-state index is 12.7. The van der Waals surface area contributed by atoms with Gasteiger partial charge in [0.2, 0.25) is 11.6 Å². The van der Waals surface area contributed by atoms with Crippen LogP contribution >= 0.6 is 0 Å². The average molecular weight is 210 g/mol. The molecule has 0 saturated heterocycles. The molecule has 0 saturated carbocycles. The van der Waals surface area contributed by atoms with Crippen molar-refractivity contribution in [1.29, 1.82) is 0 Å². The van der Waals surface area contributed by atoms with E-state index < -0.39 is 29.8 Å². The molecule has 0 bridgehead atoms. The number of benzene rings is 1. The van der Waals surface area contributed by atoms with Crippen molar-refractivity contribution < 1.29 is 23.9 Å². The Bertz CT molecular complexity index is 425. The fraction of sp³-hybridized carbons (Fsp3) is 0.100. The summed E-state index contributed by atoms with van der Waals surface area (Å²) in [6, 6.07) is 4.54. The zero-order valence-electron chi connectivity index (χ0n) is 7.57. The molecule has 0 radical (unpaired) electrons. The first-order valence-corrected chi connectivity index (χ1v) is 4.05. The lowest BCUT2D eigenvalue weighted by Gasteiger charge is -1.97. The minimum absolute atomic E-state index is 0.138. The summed E-state index contributed by atoms with van der Waals surface area (Å²) in [5.41, 5.74) is -0.138. The summed E-state index contributed by atoms with van der Waals surface area (Å²) in [6.45, 7) is 0. The molecule has 0 aliphatic heterocycles. The van der Waals surface area contributed by atoms with E-state index in [2.05, 4.69) is 0 Å². The minimum atomic E-state index is -1.38. The molecule has 1 aromatic carbocycles. The van der Waals surface area contributed by atoms with Crippen LogP contribution in [0.5, 0.6) is 0 Å². The fourth-order valence-corrected chi connectivity index (χ4v) is 1.01. The van der Waals surface area contributed by atoms with Gasteiger partial charge in [0.15, 0.2) is 0 Å². The zero-order chi connectivity index (χ0) is 11.4. The number of carboxylic acids is 1. The van der Waals surface area contributed by atoms with E-state index in [1.54, 1.807) is 0 Å². The highest BCUT2D eigenvalue weighted by Gasteiger charge is 2.19. The molecule has 0 unspecified atom stereocenters. The van der Waals surface area contributed by atoms with Gasteiger partial charge in [0.1, 0.15) is 12.2 Å². The molecule has 15 heavy (non-hydrogen) atoms. The Hall–Kier alpha value is -2.04. The Labute approximate surface area is 84.3 Å². The van der Waals surface area contributed by atoms with Crippen LogP contribution in [-0.2, 0) is 9.59 Å². The van der Waals surface area contributed by atoms with Crippen molar-refractivity contribution in [1.82, 2.24) is 0 Å². The predicted molar refractivity (Wildman–Crippen MR) is 48.0 cm³/mol. The molecular weight excluding hydrogens is 203 g/mol. The summed E-state index contributed by atoms with van der Waals surface area (Å²) in [5.74, 6) is -4.08. The van der Waals surface area contributed by atoms with Crippen LogP contribution < -0.4 is 0 Å². The second-order valence-electron chi connectivity index (χ2n) is 2.83. The van der Waals surface area contributed by atoms with Gasteiger partial charge in [-0.05, 0) is 12.1 Å². The van der Waals surface area contributed by atoms with Crippen molar-refractivity contribution in [3.8, 4) is 0 Å². The molecule has 0 aliphatic rings. The van der Waals surface area contributed by atoms with Gasteiger partial charge in [-0.25, -0.2) is 4.39 Å². The molecule has 1 N–H and O–H groups in total. The monoisotopic (exact) mass is 210 g/mol. The molecule has 5 heteroatoms. The summed E-state index contributed by atoms with van der Waals surface area (Å²) >= 11 is 0. The predicted octanol–water partition coefficient (Wildman–Crippen LogP) is 1.05. The Morgan fingerprint density at radius 2 is 1.93 bits per heavy atom. The van der Waals surface area contributed by atoms with Crippen LogP contribution in [-0.4, -0.2) is 22.6 Å². The van der Waals surface area contributed by atoms with Gasteiger partial charge in [0, 0.05) is 5.56 Å². The van der Waals surface area contributed by atoms with E-state index in [0.29, 0.717) is 0 Å². The number of carboxylic acid groups (broad SMARTS) is 1. The molecule has 4 nitrogen and oxygen atoms in total. The minimum Gasteiger partial charge on any atom is -0.481 e. The van der Waals surface area contributed by atoms with Crippen LogP contribution in [0.4, 0.5) is 4.39 Å². The standard InChI is InChI=1S/C10H7FO4/c11-7-3-1-2-6(4-7)10(15)8(12)5-9(13)14/h1-4H,5H2,(H,13,14). The van der Waals surface area contributed by atoms with E-state index in [1.807, 2.05) is 0 Å².